The minimum Gasteiger partial charge on any atom is -0.366 e. The van der Waals surface area contributed by atoms with Gasteiger partial charge in [0.05, 0.1) is 29.2 Å². The summed E-state index contributed by atoms with van der Waals surface area (Å²) in [4.78, 5) is 13.2. The summed E-state index contributed by atoms with van der Waals surface area (Å²) in [7, 11) is 1.83. The predicted octanol–water partition coefficient (Wildman–Crippen LogP) is 2.99. The van der Waals surface area contributed by atoms with E-state index in [0.29, 0.717) is 35.9 Å². The van der Waals surface area contributed by atoms with Gasteiger partial charge in [-0.3, -0.25) is 4.68 Å². The Morgan fingerprint density at radius 1 is 1.18 bits per heavy atom. The minimum atomic E-state index is 0.0248. The van der Waals surface area contributed by atoms with E-state index in [1.807, 2.05) is 20.2 Å². The van der Waals surface area contributed by atoms with Crippen molar-refractivity contribution in [2.45, 2.75) is 25.8 Å². The topological polar surface area (TPSA) is 128 Å². The van der Waals surface area contributed by atoms with Crippen LogP contribution in [0.4, 0.5) is 17.5 Å². The van der Waals surface area contributed by atoms with Gasteiger partial charge in [0.2, 0.25) is 5.95 Å². The lowest BCUT2D eigenvalue weighted by molar-refractivity contribution is 0.719. The monoisotopic (exact) mass is 373 g/mol. The molecule has 0 aromatic carbocycles. The van der Waals surface area contributed by atoms with E-state index in [4.69, 9.17) is 5.26 Å². The fraction of sp³-hybridized carbons (Fsp3) is 0.263. The molecule has 0 spiro atoms. The van der Waals surface area contributed by atoms with Gasteiger partial charge in [0.1, 0.15) is 11.9 Å². The predicted molar refractivity (Wildman–Crippen MR) is 104 cm³/mol. The largest absolute Gasteiger partial charge is 0.366 e. The van der Waals surface area contributed by atoms with Crippen molar-refractivity contribution in [2.75, 3.05) is 10.6 Å². The van der Waals surface area contributed by atoms with Crippen LogP contribution in [0.15, 0.2) is 36.9 Å². The highest BCUT2D eigenvalue weighted by Crippen LogP contribution is 2.22. The highest BCUT2D eigenvalue weighted by molar-refractivity contribution is 5.64. The first-order chi connectivity index (χ1) is 13.6. The van der Waals surface area contributed by atoms with Crippen LogP contribution in [0.1, 0.15) is 25.3 Å². The number of aromatic nitrogens is 5. The van der Waals surface area contributed by atoms with Crippen molar-refractivity contribution in [3.63, 3.8) is 0 Å². The first kappa shape index (κ1) is 18.8. The Kier molecular flexibility index (Phi) is 5.78. The molecule has 0 aliphatic carbocycles. The normalized spacial score (nSPS) is 11.3. The molecule has 0 saturated carbocycles. The summed E-state index contributed by atoms with van der Waals surface area (Å²) in [5.74, 6) is 0.942. The lowest BCUT2D eigenvalue weighted by Crippen LogP contribution is -2.16. The third-order valence-electron chi connectivity index (χ3n) is 4.00. The Morgan fingerprint density at radius 2 is 1.96 bits per heavy atom. The molecule has 28 heavy (non-hydrogen) atoms. The van der Waals surface area contributed by atoms with Crippen LogP contribution in [0.3, 0.4) is 0 Å². The number of anilines is 3. The van der Waals surface area contributed by atoms with Crippen molar-refractivity contribution in [3.05, 3.63) is 42.5 Å². The van der Waals surface area contributed by atoms with Gasteiger partial charge in [0, 0.05) is 43.7 Å². The first-order valence-electron chi connectivity index (χ1n) is 8.71. The number of hydrogen-bond acceptors (Lipinski definition) is 8. The lowest BCUT2D eigenvalue weighted by atomic mass is 10.1. The fourth-order valence-corrected chi connectivity index (χ4v) is 2.55. The van der Waals surface area contributed by atoms with Crippen LogP contribution < -0.4 is 10.6 Å². The lowest BCUT2D eigenvalue weighted by Gasteiger charge is -2.15. The molecule has 3 aromatic heterocycles. The van der Waals surface area contributed by atoms with Gasteiger partial charge >= 0.3 is 0 Å². The van der Waals surface area contributed by atoms with Crippen LogP contribution >= 0.6 is 0 Å². The third-order valence-corrected chi connectivity index (χ3v) is 4.00. The Hall–Kier alpha value is -3.98. The number of hydrogen-bond donors (Lipinski definition) is 2. The molecule has 3 aromatic rings. The number of pyridine rings is 1. The number of aryl methyl sites for hydroxylation is 1. The van der Waals surface area contributed by atoms with Crippen LogP contribution in [0.25, 0.3) is 11.3 Å². The van der Waals surface area contributed by atoms with Crippen LogP contribution in [-0.2, 0) is 7.05 Å². The van der Waals surface area contributed by atoms with Crippen LogP contribution in [0.5, 0.6) is 0 Å². The Labute approximate surface area is 162 Å². The second-order valence-electron chi connectivity index (χ2n) is 6.27. The van der Waals surface area contributed by atoms with E-state index in [2.05, 4.69) is 42.8 Å². The Balaban J connectivity index is 1.78. The molecule has 9 nitrogen and oxygen atoms in total. The molecule has 3 heterocycles. The van der Waals surface area contributed by atoms with Crippen molar-refractivity contribution in [2.24, 2.45) is 7.05 Å². The molecule has 0 radical (unpaired) electrons. The molecule has 0 aliphatic rings. The zero-order valence-electron chi connectivity index (χ0n) is 15.6. The summed E-state index contributed by atoms with van der Waals surface area (Å²) in [6, 6.07) is 7.75. The number of rotatable bonds is 7. The van der Waals surface area contributed by atoms with E-state index in [1.165, 1.54) is 0 Å². The molecule has 1 atom stereocenters. The van der Waals surface area contributed by atoms with Gasteiger partial charge < -0.3 is 10.6 Å². The van der Waals surface area contributed by atoms with E-state index in [1.54, 1.807) is 35.4 Å². The molecule has 2 N–H and O–H groups in total. The highest BCUT2D eigenvalue weighted by atomic mass is 15.3. The number of nitrogens with zero attached hydrogens (tertiary/aromatic N) is 7. The van der Waals surface area contributed by atoms with E-state index in [9.17, 15) is 5.26 Å². The third kappa shape index (κ3) is 4.59. The maximum Gasteiger partial charge on any atom is 0.227 e. The molecule has 1 unspecified atom stereocenters. The van der Waals surface area contributed by atoms with E-state index >= 15 is 0 Å². The zero-order chi connectivity index (χ0) is 19.9. The maximum absolute atomic E-state index is 9.32. The van der Waals surface area contributed by atoms with Crippen molar-refractivity contribution >= 4 is 17.5 Å². The molecule has 0 bridgehead atoms. The quantitative estimate of drug-likeness (QED) is 0.647. The number of nitriles is 2. The molecular weight excluding hydrogens is 354 g/mol. The molecule has 0 fully saturated rings. The van der Waals surface area contributed by atoms with Crippen molar-refractivity contribution in [3.8, 4) is 23.4 Å². The maximum atomic E-state index is 9.32. The Morgan fingerprint density at radius 3 is 2.61 bits per heavy atom. The highest BCUT2D eigenvalue weighted by Gasteiger charge is 2.11. The van der Waals surface area contributed by atoms with E-state index in [0.717, 1.165) is 11.3 Å². The first-order valence-corrected chi connectivity index (χ1v) is 8.71. The van der Waals surface area contributed by atoms with Gasteiger partial charge in [0.25, 0.3) is 0 Å². The molecule has 0 amide bonds. The van der Waals surface area contributed by atoms with Crippen LogP contribution in [0.2, 0.25) is 0 Å². The van der Waals surface area contributed by atoms with E-state index < -0.39 is 0 Å². The van der Waals surface area contributed by atoms with Gasteiger partial charge in [-0.15, -0.1) is 0 Å². The average Bonchev–Trinajstić information content (AvgIpc) is 3.11. The average molecular weight is 373 g/mol. The van der Waals surface area contributed by atoms with Crippen molar-refractivity contribution in [1.29, 1.82) is 10.5 Å². The fourth-order valence-electron chi connectivity index (χ4n) is 2.55. The SMILES string of the molecule is CC(CCC#N)Nc1nc(-c2cnc(Nc3cnn(C)c3)nc2)ccc1C#N. The summed E-state index contributed by atoms with van der Waals surface area (Å²) in [6.07, 6.45) is 7.96. The number of nitrogens with one attached hydrogen (secondary N) is 2. The second kappa shape index (κ2) is 8.60. The van der Waals surface area contributed by atoms with Gasteiger partial charge in [0.15, 0.2) is 0 Å². The Bertz CT molecular complexity index is 1020. The van der Waals surface area contributed by atoms with Crippen LogP contribution in [-0.4, -0.2) is 30.8 Å². The molecule has 3 rings (SSSR count). The summed E-state index contributed by atoms with van der Waals surface area (Å²) >= 11 is 0. The molecular formula is C19H19N9. The second-order valence-corrected chi connectivity index (χ2v) is 6.27. The van der Waals surface area contributed by atoms with Gasteiger partial charge in [-0.1, -0.05) is 0 Å². The summed E-state index contributed by atoms with van der Waals surface area (Å²) < 4.78 is 1.68. The van der Waals surface area contributed by atoms with Crippen LogP contribution in [0, 0.1) is 22.7 Å². The smallest absolute Gasteiger partial charge is 0.227 e. The minimum absolute atomic E-state index is 0.0248. The standard InChI is InChI=1S/C19H19N9/c1-13(4-3-7-20)25-18-14(8-21)5-6-17(27-18)15-9-22-19(23-10-15)26-16-11-24-28(2)12-16/h5-6,9-13H,3-4H2,1-2H3,(H,25,27)(H,22,23,26). The van der Waals surface area contributed by atoms with Gasteiger partial charge in [-0.05, 0) is 25.5 Å². The van der Waals surface area contributed by atoms with Gasteiger partial charge in [-0.25, -0.2) is 15.0 Å². The molecule has 9 heteroatoms. The van der Waals surface area contributed by atoms with Crippen molar-refractivity contribution in [1.82, 2.24) is 24.7 Å². The summed E-state index contributed by atoms with van der Waals surface area (Å²) in [5.41, 5.74) is 2.63. The van der Waals surface area contributed by atoms with Crippen molar-refractivity contribution < 1.29 is 0 Å². The molecule has 0 aliphatic heterocycles. The summed E-state index contributed by atoms with van der Waals surface area (Å²) in [5, 5.41) is 28.4. The van der Waals surface area contributed by atoms with Gasteiger partial charge in [-0.2, -0.15) is 15.6 Å². The molecule has 140 valence electrons. The van der Waals surface area contributed by atoms with E-state index in [-0.39, 0.29) is 6.04 Å². The zero-order valence-corrected chi connectivity index (χ0v) is 15.6. The molecule has 0 saturated heterocycles. The summed E-state index contributed by atoms with van der Waals surface area (Å²) in [6.45, 7) is 1.95.